The van der Waals surface area contributed by atoms with E-state index in [0.717, 1.165) is 12.8 Å². The Morgan fingerprint density at radius 1 is 1.17 bits per heavy atom. The van der Waals surface area contributed by atoms with Crippen molar-refractivity contribution in [3.63, 3.8) is 0 Å². The maximum atomic E-state index is 13.0. The lowest BCUT2D eigenvalue weighted by molar-refractivity contribution is -0.117. The van der Waals surface area contributed by atoms with Gasteiger partial charge < -0.3 is 9.84 Å². The van der Waals surface area contributed by atoms with Crippen LogP contribution >= 0.6 is 0 Å². The van der Waals surface area contributed by atoms with Gasteiger partial charge >= 0.3 is 0 Å². The van der Waals surface area contributed by atoms with Crippen molar-refractivity contribution >= 4 is 21.6 Å². The number of anilines is 1. The Kier molecular flexibility index (Phi) is 5.40. The topological polar surface area (TPSA) is 114 Å². The molecule has 0 bridgehead atoms. The minimum absolute atomic E-state index is 0.0668. The molecule has 0 unspecified atom stereocenters. The highest BCUT2D eigenvalue weighted by molar-refractivity contribution is 7.89. The van der Waals surface area contributed by atoms with Crippen molar-refractivity contribution in [2.45, 2.75) is 43.5 Å². The van der Waals surface area contributed by atoms with Crippen molar-refractivity contribution in [1.82, 2.24) is 14.9 Å². The predicted molar refractivity (Wildman–Crippen MR) is 111 cm³/mol. The Hall–Kier alpha value is -3.04. The molecule has 1 amide bonds. The fourth-order valence-electron chi connectivity index (χ4n) is 3.00. The zero-order valence-corrected chi connectivity index (χ0v) is 17.4. The highest BCUT2D eigenvalue weighted by Gasteiger charge is 2.30. The quantitative estimate of drug-likeness (QED) is 0.600. The number of rotatable bonds is 7. The van der Waals surface area contributed by atoms with E-state index in [4.69, 9.17) is 4.52 Å². The molecule has 0 radical (unpaired) electrons. The molecule has 0 aliphatic heterocycles. The van der Waals surface area contributed by atoms with E-state index >= 15 is 0 Å². The van der Waals surface area contributed by atoms with Crippen LogP contribution in [-0.4, -0.2) is 30.5 Å². The van der Waals surface area contributed by atoms with Gasteiger partial charge in [0, 0.05) is 17.2 Å². The summed E-state index contributed by atoms with van der Waals surface area (Å²) >= 11 is 0. The molecule has 1 fully saturated rings. The van der Waals surface area contributed by atoms with Crippen LogP contribution in [0.15, 0.2) is 57.9 Å². The van der Waals surface area contributed by atoms with Gasteiger partial charge in [0.1, 0.15) is 0 Å². The van der Waals surface area contributed by atoms with Crippen LogP contribution in [0.5, 0.6) is 0 Å². The summed E-state index contributed by atoms with van der Waals surface area (Å²) in [6.45, 7) is 3.19. The van der Waals surface area contributed by atoms with E-state index in [9.17, 15) is 13.2 Å². The molecule has 1 aromatic heterocycles. The molecule has 2 aromatic carbocycles. The van der Waals surface area contributed by atoms with Gasteiger partial charge in [-0.2, -0.15) is 9.71 Å². The lowest BCUT2D eigenvalue weighted by Gasteiger charge is -2.16. The SMILES string of the molecule is Cc1ccc(-c2noc(C3CC3)n2)cc1S(=O)(=O)N[C@@H](C)C(=O)Nc1ccccc1. The zero-order chi connectivity index (χ0) is 21.3. The first kappa shape index (κ1) is 20.2. The molecular weight excluding hydrogens is 404 g/mol. The standard InChI is InChI=1S/C21H22N4O4S/c1-13-8-9-16(19-23-21(29-24-19)15-10-11-15)12-18(13)30(27,28)25-14(2)20(26)22-17-6-4-3-5-7-17/h3-9,12,14-15,25H,10-11H2,1-2H3,(H,22,26)/t14-/m0/s1. The molecule has 30 heavy (non-hydrogen) atoms. The Morgan fingerprint density at radius 2 is 1.90 bits per heavy atom. The minimum Gasteiger partial charge on any atom is -0.339 e. The summed E-state index contributed by atoms with van der Waals surface area (Å²) in [4.78, 5) is 16.8. The van der Waals surface area contributed by atoms with Crippen molar-refractivity contribution in [3.05, 3.63) is 60.0 Å². The molecule has 1 heterocycles. The smallest absolute Gasteiger partial charge is 0.242 e. The van der Waals surface area contributed by atoms with Crippen molar-refractivity contribution in [1.29, 1.82) is 0 Å². The number of nitrogens with one attached hydrogen (secondary N) is 2. The van der Waals surface area contributed by atoms with Crippen LogP contribution in [0, 0.1) is 6.92 Å². The van der Waals surface area contributed by atoms with Gasteiger partial charge in [0.15, 0.2) is 0 Å². The number of carbonyl (C=O) groups excluding carboxylic acids is 1. The lowest BCUT2D eigenvalue weighted by atomic mass is 10.1. The maximum absolute atomic E-state index is 13.0. The molecule has 1 aliphatic rings. The van der Waals surface area contributed by atoms with Gasteiger partial charge in [-0.15, -0.1) is 0 Å². The lowest BCUT2D eigenvalue weighted by Crippen LogP contribution is -2.41. The first-order valence-electron chi connectivity index (χ1n) is 9.66. The van der Waals surface area contributed by atoms with Crippen LogP contribution in [0.4, 0.5) is 5.69 Å². The van der Waals surface area contributed by atoms with E-state index in [0.29, 0.717) is 34.4 Å². The second-order valence-electron chi connectivity index (χ2n) is 7.41. The molecule has 156 valence electrons. The van der Waals surface area contributed by atoms with Gasteiger partial charge in [-0.25, -0.2) is 8.42 Å². The third-order valence-electron chi connectivity index (χ3n) is 4.87. The number of hydrogen-bond acceptors (Lipinski definition) is 6. The number of para-hydroxylation sites is 1. The minimum atomic E-state index is -3.95. The number of sulfonamides is 1. The predicted octanol–water partition coefficient (Wildman–Crippen LogP) is 3.23. The third kappa shape index (κ3) is 4.42. The Bertz CT molecular complexity index is 1170. The van der Waals surface area contributed by atoms with Crippen LogP contribution in [0.3, 0.4) is 0 Å². The van der Waals surface area contributed by atoms with E-state index in [-0.39, 0.29) is 4.90 Å². The second kappa shape index (κ2) is 8.00. The van der Waals surface area contributed by atoms with Crippen LogP contribution in [-0.2, 0) is 14.8 Å². The van der Waals surface area contributed by atoms with Crippen molar-refractivity contribution in [2.24, 2.45) is 0 Å². The molecule has 9 heteroatoms. The molecule has 8 nitrogen and oxygen atoms in total. The van der Waals surface area contributed by atoms with Crippen LogP contribution in [0.25, 0.3) is 11.4 Å². The summed E-state index contributed by atoms with van der Waals surface area (Å²) in [6.07, 6.45) is 2.06. The number of benzene rings is 2. The van der Waals surface area contributed by atoms with Gasteiger partial charge in [-0.3, -0.25) is 4.79 Å². The second-order valence-corrected chi connectivity index (χ2v) is 9.09. The fourth-order valence-corrected chi connectivity index (χ4v) is 4.47. The Labute approximate surface area is 174 Å². The molecule has 0 spiro atoms. The van der Waals surface area contributed by atoms with Crippen LogP contribution in [0.2, 0.25) is 0 Å². The fraction of sp³-hybridized carbons (Fsp3) is 0.286. The molecule has 0 saturated heterocycles. The van der Waals surface area contributed by atoms with Crippen LogP contribution in [0.1, 0.15) is 37.1 Å². The summed E-state index contributed by atoms with van der Waals surface area (Å²) in [5.74, 6) is 0.791. The van der Waals surface area contributed by atoms with E-state index in [1.54, 1.807) is 43.3 Å². The average Bonchev–Trinajstić information content (AvgIpc) is 3.45. The zero-order valence-electron chi connectivity index (χ0n) is 16.6. The molecule has 4 rings (SSSR count). The van der Waals surface area contributed by atoms with Gasteiger partial charge in [0.05, 0.1) is 10.9 Å². The number of aromatic nitrogens is 2. The molecule has 1 saturated carbocycles. The molecule has 2 N–H and O–H groups in total. The molecule has 1 atom stereocenters. The molecular formula is C21H22N4O4S. The average molecular weight is 426 g/mol. The Morgan fingerprint density at radius 3 is 2.60 bits per heavy atom. The first-order chi connectivity index (χ1) is 14.3. The number of hydrogen-bond donors (Lipinski definition) is 2. The van der Waals surface area contributed by atoms with E-state index in [1.165, 1.54) is 13.0 Å². The largest absolute Gasteiger partial charge is 0.339 e. The number of nitrogens with zero attached hydrogens (tertiary/aromatic N) is 2. The van der Waals surface area contributed by atoms with Crippen molar-refractivity contribution < 1.29 is 17.7 Å². The summed E-state index contributed by atoms with van der Waals surface area (Å²) in [5.41, 5.74) is 1.68. The van der Waals surface area contributed by atoms with Gasteiger partial charge in [0.2, 0.25) is 27.6 Å². The van der Waals surface area contributed by atoms with Gasteiger partial charge in [0.25, 0.3) is 0 Å². The highest BCUT2D eigenvalue weighted by atomic mass is 32.2. The number of carbonyl (C=O) groups is 1. The van der Waals surface area contributed by atoms with Crippen molar-refractivity contribution in [3.8, 4) is 11.4 Å². The van der Waals surface area contributed by atoms with E-state index in [2.05, 4.69) is 20.2 Å². The van der Waals surface area contributed by atoms with E-state index in [1.807, 2.05) is 6.07 Å². The van der Waals surface area contributed by atoms with E-state index < -0.39 is 22.0 Å². The number of amides is 1. The van der Waals surface area contributed by atoms with Crippen LogP contribution < -0.4 is 10.0 Å². The third-order valence-corrected chi connectivity index (χ3v) is 6.55. The molecule has 1 aliphatic carbocycles. The monoisotopic (exact) mass is 426 g/mol. The normalized spacial score (nSPS) is 15.0. The Balaban J connectivity index is 1.53. The summed E-state index contributed by atoms with van der Waals surface area (Å²) in [7, 11) is -3.95. The van der Waals surface area contributed by atoms with Gasteiger partial charge in [-0.1, -0.05) is 35.5 Å². The first-order valence-corrected chi connectivity index (χ1v) is 11.1. The summed E-state index contributed by atoms with van der Waals surface area (Å²) in [6, 6.07) is 12.8. The van der Waals surface area contributed by atoms with Crippen molar-refractivity contribution in [2.75, 3.05) is 5.32 Å². The summed E-state index contributed by atoms with van der Waals surface area (Å²) in [5, 5.41) is 6.66. The number of aryl methyl sites for hydroxylation is 1. The van der Waals surface area contributed by atoms with Gasteiger partial charge in [-0.05, 0) is 50.5 Å². The maximum Gasteiger partial charge on any atom is 0.242 e. The summed E-state index contributed by atoms with van der Waals surface area (Å²) < 4.78 is 33.7. The highest BCUT2D eigenvalue weighted by Crippen LogP contribution is 2.39. The molecule has 3 aromatic rings.